The molecule has 15 heavy (non-hydrogen) atoms. The summed E-state index contributed by atoms with van der Waals surface area (Å²) in [6.07, 6.45) is -0.420. The van der Waals surface area contributed by atoms with E-state index in [0.717, 1.165) is 0 Å². The van der Waals surface area contributed by atoms with Gasteiger partial charge in [-0.05, 0) is 6.42 Å². The first kappa shape index (κ1) is 13.9. The van der Waals surface area contributed by atoms with Crippen molar-refractivity contribution in [3.63, 3.8) is 0 Å². The number of rotatable bonds is 8. The summed E-state index contributed by atoms with van der Waals surface area (Å²) in [5, 5.41) is 19.7. The van der Waals surface area contributed by atoms with Gasteiger partial charge in [0.15, 0.2) is 6.10 Å². The molecule has 0 aromatic heterocycles. The number of hydrogen-bond donors (Lipinski definition) is 3. The Hall–Kier alpha value is -1.14. The van der Waals surface area contributed by atoms with Crippen LogP contribution in [-0.2, 0) is 14.3 Å². The minimum atomic E-state index is -1.41. The third-order valence-electron chi connectivity index (χ3n) is 1.78. The molecule has 88 valence electrons. The predicted molar refractivity (Wildman–Crippen MR) is 52.4 cm³/mol. The molecule has 0 saturated carbocycles. The number of ether oxygens (including phenoxy) is 1. The van der Waals surface area contributed by atoms with Gasteiger partial charge in [-0.25, -0.2) is 4.79 Å². The van der Waals surface area contributed by atoms with Crippen LogP contribution < -0.4 is 5.32 Å². The highest BCUT2D eigenvalue weighted by Gasteiger charge is 2.12. The first-order chi connectivity index (χ1) is 7.07. The fourth-order valence-electron chi connectivity index (χ4n) is 0.937. The van der Waals surface area contributed by atoms with Crippen molar-refractivity contribution in [3.8, 4) is 0 Å². The van der Waals surface area contributed by atoms with Crippen LogP contribution in [0.15, 0.2) is 0 Å². The van der Waals surface area contributed by atoms with Crippen LogP contribution in [0, 0.1) is 0 Å². The van der Waals surface area contributed by atoms with Crippen LogP contribution in [0.4, 0.5) is 0 Å². The molecule has 0 aromatic carbocycles. The molecule has 0 rings (SSSR count). The predicted octanol–water partition coefficient (Wildman–Crippen LogP) is -0.635. The van der Waals surface area contributed by atoms with Gasteiger partial charge in [-0.2, -0.15) is 0 Å². The van der Waals surface area contributed by atoms with Gasteiger partial charge in [-0.3, -0.25) is 4.79 Å². The van der Waals surface area contributed by atoms with Crippen LogP contribution in [0.2, 0.25) is 0 Å². The van der Waals surface area contributed by atoms with E-state index in [9.17, 15) is 9.59 Å². The summed E-state index contributed by atoms with van der Waals surface area (Å²) in [5.74, 6) is -1.44. The van der Waals surface area contributed by atoms with Crippen LogP contribution in [-0.4, -0.2) is 48.5 Å². The van der Waals surface area contributed by atoms with Gasteiger partial charge in [0.25, 0.3) is 0 Å². The Kier molecular flexibility index (Phi) is 7.57. The quantitative estimate of drug-likeness (QED) is 0.472. The van der Waals surface area contributed by atoms with Gasteiger partial charge < -0.3 is 20.3 Å². The van der Waals surface area contributed by atoms with E-state index in [2.05, 4.69) is 5.32 Å². The van der Waals surface area contributed by atoms with E-state index >= 15 is 0 Å². The monoisotopic (exact) mass is 219 g/mol. The lowest BCUT2D eigenvalue weighted by atomic mass is 10.2. The first-order valence-corrected chi connectivity index (χ1v) is 4.74. The number of carbonyl (C=O) groups is 2. The zero-order chi connectivity index (χ0) is 11.7. The maximum absolute atomic E-state index is 11.1. The van der Waals surface area contributed by atoms with E-state index in [0.29, 0.717) is 19.4 Å². The number of carboxylic acid groups (broad SMARTS) is 1. The van der Waals surface area contributed by atoms with E-state index in [1.807, 2.05) is 0 Å². The number of aliphatic carboxylic acids is 1. The van der Waals surface area contributed by atoms with Crippen molar-refractivity contribution in [2.45, 2.75) is 25.4 Å². The zero-order valence-corrected chi connectivity index (χ0v) is 8.73. The molecule has 0 heterocycles. The molecule has 0 unspecified atom stereocenters. The van der Waals surface area contributed by atoms with Crippen LogP contribution in [0.25, 0.3) is 0 Å². The van der Waals surface area contributed by atoms with Crippen LogP contribution in [0.5, 0.6) is 0 Å². The Morgan fingerprint density at radius 3 is 2.67 bits per heavy atom. The topological polar surface area (TPSA) is 95.9 Å². The van der Waals surface area contributed by atoms with Gasteiger partial charge in [0.05, 0.1) is 0 Å². The average Bonchev–Trinajstić information content (AvgIpc) is 2.18. The number of methoxy groups -OCH3 is 1. The maximum atomic E-state index is 11.1. The number of carbonyl (C=O) groups excluding carboxylic acids is 1. The van der Waals surface area contributed by atoms with Crippen molar-refractivity contribution in [2.24, 2.45) is 0 Å². The lowest BCUT2D eigenvalue weighted by molar-refractivity contribution is -0.147. The number of carboxylic acids is 1. The molecule has 0 spiro atoms. The molecule has 1 atom stereocenters. The number of aliphatic hydroxyl groups is 1. The Labute approximate surface area is 88.2 Å². The third-order valence-corrected chi connectivity index (χ3v) is 1.78. The highest BCUT2D eigenvalue weighted by molar-refractivity contribution is 5.76. The van der Waals surface area contributed by atoms with Gasteiger partial charge in [0.2, 0.25) is 5.91 Å². The van der Waals surface area contributed by atoms with Crippen molar-refractivity contribution >= 4 is 11.9 Å². The van der Waals surface area contributed by atoms with Gasteiger partial charge in [0.1, 0.15) is 0 Å². The molecule has 0 bridgehead atoms. The summed E-state index contributed by atoms with van der Waals surface area (Å²) in [5.41, 5.74) is 0. The molecular formula is C9H17NO5. The number of amides is 1. The molecule has 3 N–H and O–H groups in total. The summed E-state index contributed by atoms with van der Waals surface area (Å²) < 4.78 is 4.77. The second-order valence-corrected chi connectivity index (χ2v) is 3.09. The van der Waals surface area contributed by atoms with Crippen molar-refractivity contribution in [2.75, 3.05) is 20.3 Å². The van der Waals surface area contributed by atoms with E-state index in [1.165, 1.54) is 0 Å². The summed E-state index contributed by atoms with van der Waals surface area (Å²) in [6.45, 7) is 0.685. The van der Waals surface area contributed by atoms with Gasteiger partial charge in [-0.15, -0.1) is 0 Å². The molecule has 1 amide bonds. The summed E-state index contributed by atoms with van der Waals surface area (Å²) >= 11 is 0. The molecule has 0 aliphatic rings. The molecular weight excluding hydrogens is 202 g/mol. The Morgan fingerprint density at radius 2 is 2.13 bits per heavy atom. The lowest BCUT2D eigenvalue weighted by Gasteiger charge is -2.06. The van der Waals surface area contributed by atoms with Gasteiger partial charge in [-0.1, -0.05) is 0 Å². The lowest BCUT2D eigenvalue weighted by Crippen LogP contribution is -2.30. The Bertz CT molecular complexity index is 207. The van der Waals surface area contributed by atoms with Crippen molar-refractivity contribution in [1.29, 1.82) is 0 Å². The standard InChI is InChI=1S/C9H17NO5/c1-15-6-2-3-8(12)10-5-4-7(11)9(13)14/h7,11H,2-6H2,1H3,(H,10,12)(H,13,14)/t7-/m0/s1. The highest BCUT2D eigenvalue weighted by atomic mass is 16.5. The molecule has 0 aliphatic heterocycles. The summed E-state index contributed by atoms with van der Waals surface area (Å²) in [4.78, 5) is 21.3. The van der Waals surface area contributed by atoms with E-state index < -0.39 is 12.1 Å². The largest absolute Gasteiger partial charge is 0.479 e. The Balaban J connectivity index is 3.42. The fraction of sp³-hybridized carbons (Fsp3) is 0.778. The van der Waals surface area contributed by atoms with Gasteiger partial charge in [0, 0.05) is 33.1 Å². The van der Waals surface area contributed by atoms with Crippen LogP contribution in [0.3, 0.4) is 0 Å². The summed E-state index contributed by atoms with van der Waals surface area (Å²) in [6, 6.07) is 0. The van der Waals surface area contributed by atoms with Crippen molar-refractivity contribution in [1.82, 2.24) is 5.32 Å². The average molecular weight is 219 g/mol. The number of nitrogens with one attached hydrogen (secondary N) is 1. The zero-order valence-electron chi connectivity index (χ0n) is 8.73. The molecule has 0 radical (unpaired) electrons. The second kappa shape index (κ2) is 8.19. The number of hydrogen-bond acceptors (Lipinski definition) is 4. The van der Waals surface area contributed by atoms with Gasteiger partial charge >= 0.3 is 5.97 Å². The van der Waals surface area contributed by atoms with E-state index in [4.69, 9.17) is 14.9 Å². The van der Waals surface area contributed by atoms with Crippen LogP contribution >= 0.6 is 0 Å². The molecule has 0 fully saturated rings. The Morgan fingerprint density at radius 1 is 1.47 bits per heavy atom. The number of aliphatic hydroxyl groups excluding tert-OH is 1. The first-order valence-electron chi connectivity index (χ1n) is 4.74. The van der Waals surface area contributed by atoms with Crippen LogP contribution in [0.1, 0.15) is 19.3 Å². The maximum Gasteiger partial charge on any atom is 0.332 e. The molecule has 0 aromatic rings. The minimum absolute atomic E-state index is 0.0192. The molecule has 6 heteroatoms. The van der Waals surface area contributed by atoms with Crippen molar-refractivity contribution < 1.29 is 24.5 Å². The molecule has 6 nitrogen and oxygen atoms in total. The van der Waals surface area contributed by atoms with E-state index in [-0.39, 0.29) is 18.9 Å². The fourth-order valence-corrected chi connectivity index (χ4v) is 0.937. The SMILES string of the molecule is COCCCC(=O)NCC[C@H](O)C(=O)O. The summed E-state index contributed by atoms with van der Waals surface area (Å²) in [7, 11) is 1.56. The molecule has 0 saturated heterocycles. The molecule has 0 aliphatic carbocycles. The highest BCUT2D eigenvalue weighted by Crippen LogP contribution is 1.92. The minimum Gasteiger partial charge on any atom is -0.479 e. The van der Waals surface area contributed by atoms with E-state index in [1.54, 1.807) is 7.11 Å². The normalized spacial score (nSPS) is 12.1. The third kappa shape index (κ3) is 7.90. The van der Waals surface area contributed by atoms with Crippen molar-refractivity contribution in [3.05, 3.63) is 0 Å². The second-order valence-electron chi connectivity index (χ2n) is 3.09. The smallest absolute Gasteiger partial charge is 0.332 e.